The van der Waals surface area contributed by atoms with Crippen molar-refractivity contribution in [1.82, 2.24) is 10.2 Å². The molecule has 0 aliphatic carbocycles. The van der Waals surface area contributed by atoms with Crippen LogP contribution in [-0.4, -0.2) is 55.0 Å². The fraction of sp³-hybridized carbons (Fsp3) is 0.636. The Morgan fingerprint density at radius 1 is 1.58 bits per heavy atom. The van der Waals surface area contributed by atoms with Crippen LogP contribution in [0.5, 0.6) is 0 Å². The zero-order valence-electron chi connectivity index (χ0n) is 11.3. The van der Waals surface area contributed by atoms with Gasteiger partial charge < -0.3 is 19.1 Å². The summed E-state index contributed by atoms with van der Waals surface area (Å²) in [6.45, 7) is 2.29. The Labute approximate surface area is 114 Å². The van der Waals surface area contributed by atoms with Gasteiger partial charge in [0.2, 0.25) is 6.41 Å². The van der Waals surface area contributed by atoms with Crippen LogP contribution in [-0.2, 0) is 18.8 Å². The second kappa shape index (κ2) is 10.9. The number of hydrogen-bond acceptors (Lipinski definition) is 6. The van der Waals surface area contributed by atoms with E-state index in [0.29, 0.717) is 19.4 Å². The molecule has 110 valence electrons. The lowest BCUT2D eigenvalue weighted by atomic mass is 10.1. The maximum Gasteiger partial charge on any atom is 0.251 e. The van der Waals surface area contributed by atoms with Crippen LogP contribution in [0.3, 0.4) is 0 Å². The van der Waals surface area contributed by atoms with Gasteiger partial charge in [0.1, 0.15) is 0 Å². The average Bonchev–Trinajstić information content (AvgIpc) is 2.40. The van der Waals surface area contributed by atoms with E-state index in [1.165, 1.54) is 6.08 Å². The van der Waals surface area contributed by atoms with Gasteiger partial charge >= 0.3 is 0 Å². The van der Waals surface area contributed by atoms with Crippen LogP contribution < -0.4 is 5.32 Å². The van der Waals surface area contributed by atoms with Crippen LogP contribution >= 0.6 is 9.03 Å². The summed E-state index contributed by atoms with van der Waals surface area (Å²) in [5, 5.41) is 2.02. The lowest BCUT2D eigenvalue weighted by molar-refractivity contribution is -0.121. The van der Waals surface area contributed by atoms with Gasteiger partial charge in [0, 0.05) is 32.5 Å². The summed E-state index contributed by atoms with van der Waals surface area (Å²) < 4.78 is 10.1. The van der Waals surface area contributed by atoms with E-state index in [1.807, 2.05) is 24.2 Å². The third kappa shape index (κ3) is 8.67. The first-order chi connectivity index (χ1) is 9.04. The molecule has 0 fully saturated rings. The Hall–Kier alpha value is -1.01. The van der Waals surface area contributed by atoms with E-state index in [0.717, 1.165) is 0 Å². The number of imide groups is 1. The first-order valence-electron chi connectivity index (χ1n) is 5.73. The quantitative estimate of drug-likeness (QED) is 0.335. The molecule has 0 saturated carbocycles. The van der Waals surface area contributed by atoms with Gasteiger partial charge in [-0.25, -0.2) is 0 Å². The Bertz CT molecular complexity index is 301. The van der Waals surface area contributed by atoms with E-state index in [4.69, 9.17) is 14.2 Å². The van der Waals surface area contributed by atoms with Crippen LogP contribution in [0.1, 0.15) is 13.3 Å². The van der Waals surface area contributed by atoms with Crippen molar-refractivity contribution in [1.29, 1.82) is 0 Å². The molecule has 0 aliphatic rings. The molecule has 3 unspecified atom stereocenters. The Kier molecular flexibility index (Phi) is 10.3. The molecule has 0 heterocycles. The minimum absolute atomic E-state index is 0.107. The number of rotatable bonds is 10. The Balaban J connectivity index is 4.19. The van der Waals surface area contributed by atoms with Crippen LogP contribution in [0.2, 0.25) is 0 Å². The average molecular weight is 292 g/mol. The van der Waals surface area contributed by atoms with Gasteiger partial charge in [-0.3, -0.25) is 14.9 Å². The SMILES string of the molecule is COC(COPO)CC(C)N(C)/C=C\C(=O)NC=O. The van der Waals surface area contributed by atoms with Gasteiger partial charge in [-0.05, 0) is 13.3 Å². The minimum atomic E-state index is -0.552. The summed E-state index contributed by atoms with van der Waals surface area (Å²) in [5.74, 6) is -0.470. The van der Waals surface area contributed by atoms with Gasteiger partial charge in [0.15, 0.2) is 9.03 Å². The molecule has 19 heavy (non-hydrogen) atoms. The first kappa shape index (κ1) is 18.0. The Morgan fingerprint density at radius 3 is 2.79 bits per heavy atom. The van der Waals surface area contributed by atoms with Crippen molar-refractivity contribution in [2.24, 2.45) is 0 Å². The van der Waals surface area contributed by atoms with Gasteiger partial charge in [0.05, 0.1) is 12.7 Å². The van der Waals surface area contributed by atoms with Crippen LogP contribution in [0.15, 0.2) is 12.3 Å². The van der Waals surface area contributed by atoms with E-state index in [2.05, 4.69) is 0 Å². The van der Waals surface area contributed by atoms with Crippen molar-refractivity contribution in [3.63, 3.8) is 0 Å². The van der Waals surface area contributed by atoms with Crippen molar-refractivity contribution >= 4 is 21.4 Å². The maximum atomic E-state index is 11.1. The summed E-state index contributed by atoms with van der Waals surface area (Å²) in [7, 11) is 2.84. The number of carbonyl (C=O) groups is 2. The minimum Gasteiger partial charge on any atom is -0.379 e. The molecular weight excluding hydrogens is 271 g/mol. The van der Waals surface area contributed by atoms with Crippen LogP contribution in [0, 0.1) is 0 Å². The van der Waals surface area contributed by atoms with Gasteiger partial charge in [-0.2, -0.15) is 0 Å². The maximum absolute atomic E-state index is 11.1. The molecule has 2 N–H and O–H groups in total. The summed E-state index contributed by atoms with van der Waals surface area (Å²) in [6, 6.07) is 0.107. The van der Waals surface area contributed by atoms with Crippen molar-refractivity contribution in [3.05, 3.63) is 12.3 Å². The second-order valence-electron chi connectivity index (χ2n) is 3.95. The molecule has 0 rings (SSSR count). The highest BCUT2D eigenvalue weighted by molar-refractivity contribution is 7.24. The van der Waals surface area contributed by atoms with E-state index in [-0.39, 0.29) is 12.1 Å². The molecule has 0 radical (unpaired) electrons. The smallest absolute Gasteiger partial charge is 0.251 e. The number of nitrogens with one attached hydrogen (secondary N) is 1. The normalized spacial score (nSPS) is 14.7. The van der Waals surface area contributed by atoms with Gasteiger partial charge in [-0.15, -0.1) is 0 Å². The largest absolute Gasteiger partial charge is 0.379 e. The molecule has 7 nitrogen and oxygen atoms in total. The van der Waals surface area contributed by atoms with Gasteiger partial charge in [-0.1, -0.05) is 0 Å². The van der Waals surface area contributed by atoms with E-state index in [1.54, 1.807) is 13.3 Å². The van der Waals surface area contributed by atoms with E-state index < -0.39 is 14.9 Å². The lowest BCUT2D eigenvalue weighted by Crippen LogP contribution is -2.31. The molecule has 3 atom stereocenters. The standard InChI is InChI=1S/C11H21N2O5P/c1-9(6-10(17-3)7-18-19-16)13(2)5-4-11(15)12-8-14/h4-5,8-10,16,19H,6-7H2,1-3H3,(H,12,14,15)/b5-4-. The molecule has 8 heteroatoms. The first-order valence-corrected chi connectivity index (χ1v) is 6.58. The van der Waals surface area contributed by atoms with Crippen molar-refractivity contribution in [3.8, 4) is 0 Å². The molecule has 0 aromatic carbocycles. The van der Waals surface area contributed by atoms with E-state index in [9.17, 15) is 9.59 Å². The molecule has 0 aliphatic heterocycles. The molecule has 0 aromatic heterocycles. The third-order valence-corrected chi connectivity index (χ3v) is 2.92. The topological polar surface area (TPSA) is 88.1 Å². The monoisotopic (exact) mass is 292 g/mol. The van der Waals surface area contributed by atoms with Crippen molar-refractivity contribution in [2.45, 2.75) is 25.5 Å². The predicted molar refractivity (Wildman–Crippen MR) is 72.5 cm³/mol. The zero-order chi connectivity index (χ0) is 14.7. The fourth-order valence-electron chi connectivity index (χ4n) is 1.35. The predicted octanol–water partition coefficient (Wildman–Crippen LogP) is 0.0155. The lowest BCUT2D eigenvalue weighted by Gasteiger charge is -2.26. The highest BCUT2D eigenvalue weighted by atomic mass is 31.1. The van der Waals surface area contributed by atoms with Crippen LogP contribution in [0.25, 0.3) is 0 Å². The second-order valence-corrected chi connectivity index (χ2v) is 4.42. The Morgan fingerprint density at radius 2 is 2.26 bits per heavy atom. The van der Waals surface area contributed by atoms with Crippen molar-refractivity contribution < 1.29 is 23.7 Å². The third-order valence-electron chi connectivity index (χ3n) is 2.63. The summed E-state index contributed by atoms with van der Waals surface area (Å²) >= 11 is 0. The highest BCUT2D eigenvalue weighted by Crippen LogP contribution is 2.12. The molecule has 0 bridgehead atoms. The number of carbonyl (C=O) groups excluding carboxylic acids is 2. The number of amides is 2. The fourth-order valence-corrected chi connectivity index (χ4v) is 1.61. The molecule has 0 aromatic rings. The molecule has 0 saturated heterocycles. The van der Waals surface area contributed by atoms with E-state index >= 15 is 0 Å². The molecule has 0 spiro atoms. The van der Waals surface area contributed by atoms with Crippen LogP contribution in [0.4, 0.5) is 0 Å². The van der Waals surface area contributed by atoms with Gasteiger partial charge in [0.25, 0.3) is 5.91 Å². The highest BCUT2D eigenvalue weighted by Gasteiger charge is 2.15. The number of nitrogens with zero attached hydrogens (tertiary/aromatic N) is 1. The number of methoxy groups -OCH3 is 1. The number of ether oxygens (including phenoxy) is 1. The summed E-state index contributed by atoms with van der Waals surface area (Å²) in [6.07, 6.45) is 3.75. The summed E-state index contributed by atoms with van der Waals surface area (Å²) in [4.78, 5) is 31.5. The zero-order valence-corrected chi connectivity index (χ0v) is 12.3. The molecular formula is C11H21N2O5P. The number of hydrogen-bond donors (Lipinski definition) is 2. The molecule has 2 amide bonds. The summed E-state index contributed by atoms with van der Waals surface area (Å²) in [5.41, 5.74) is 0. The van der Waals surface area contributed by atoms with Crippen molar-refractivity contribution in [2.75, 3.05) is 20.8 Å².